The van der Waals surface area contributed by atoms with Crippen LogP contribution in [0.1, 0.15) is 57.2 Å². The van der Waals surface area contributed by atoms with Gasteiger partial charge in [-0.25, -0.2) is 15.0 Å². The average molecular weight is 551 g/mol. The molecule has 0 unspecified atom stereocenters. The van der Waals surface area contributed by atoms with Crippen molar-refractivity contribution in [1.29, 1.82) is 0 Å². The number of ether oxygens (including phenoxy) is 3. The molecule has 41 heavy (non-hydrogen) atoms. The Morgan fingerprint density at radius 3 is 2.05 bits per heavy atom. The molecule has 0 aliphatic heterocycles. The second-order valence-electron chi connectivity index (χ2n) is 9.47. The Bertz CT molecular complexity index is 1550. The van der Waals surface area contributed by atoms with Crippen LogP contribution in [0.2, 0.25) is 0 Å². The monoisotopic (exact) mass is 550 g/mol. The van der Waals surface area contributed by atoms with E-state index in [0.29, 0.717) is 28.4 Å². The molecule has 208 valence electrons. The Morgan fingerprint density at radius 2 is 1.41 bits per heavy atom. The summed E-state index contributed by atoms with van der Waals surface area (Å²) in [5.74, 6) is -0.416. The summed E-state index contributed by atoms with van der Waals surface area (Å²) in [7, 11) is 0. The maximum atomic E-state index is 12.8. The van der Waals surface area contributed by atoms with Crippen LogP contribution in [0.25, 0.3) is 0 Å². The topological polar surface area (TPSA) is 103 Å². The molecular weight excluding hydrogens is 520 g/mol. The minimum Gasteiger partial charge on any atom is -0.483 e. The molecule has 1 N–H and O–H groups in total. The maximum absolute atomic E-state index is 12.8. The van der Waals surface area contributed by atoms with Gasteiger partial charge in [-0.2, -0.15) is 5.10 Å². The first kappa shape index (κ1) is 28.8. The van der Waals surface area contributed by atoms with Gasteiger partial charge in [0, 0.05) is 11.6 Å². The van der Waals surface area contributed by atoms with Gasteiger partial charge in [-0.15, -0.1) is 0 Å². The van der Waals surface area contributed by atoms with E-state index >= 15 is 0 Å². The highest BCUT2D eigenvalue weighted by molar-refractivity contribution is 5.94. The molecule has 4 aromatic carbocycles. The van der Waals surface area contributed by atoms with E-state index in [0.717, 1.165) is 11.1 Å². The molecule has 0 atom stereocenters. The smallest absolute Gasteiger partial charge is 0.343 e. The summed E-state index contributed by atoms with van der Waals surface area (Å²) in [5, 5.41) is 4.00. The minimum atomic E-state index is -0.608. The van der Waals surface area contributed by atoms with Crippen molar-refractivity contribution in [3.05, 3.63) is 125 Å². The van der Waals surface area contributed by atoms with E-state index in [1.54, 1.807) is 66.7 Å². The third-order valence-electron chi connectivity index (χ3n) is 6.05. The number of hydrogen-bond donors (Lipinski definition) is 1. The van der Waals surface area contributed by atoms with Gasteiger partial charge in [-0.1, -0.05) is 62.4 Å². The summed E-state index contributed by atoms with van der Waals surface area (Å²) < 4.78 is 16.8. The number of rotatable bonds is 10. The Hall–Kier alpha value is -5.24. The molecule has 8 nitrogen and oxygen atoms in total. The van der Waals surface area contributed by atoms with Crippen LogP contribution in [-0.2, 0) is 4.79 Å². The van der Waals surface area contributed by atoms with E-state index in [1.807, 2.05) is 25.1 Å². The van der Waals surface area contributed by atoms with Crippen LogP contribution in [0, 0.1) is 6.92 Å². The summed E-state index contributed by atoms with van der Waals surface area (Å²) in [4.78, 5) is 37.7. The van der Waals surface area contributed by atoms with Gasteiger partial charge in [0.15, 0.2) is 6.61 Å². The van der Waals surface area contributed by atoms with Crippen LogP contribution in [0.5, 0.6) is 17.2 Å². The molecule has 0 heterocycles. The van der Waals surface area contributed by atoms with Gasteiger partial charge >= 0.3 is 11.9 Å². The Morgan fingerprint density at radius 1 is 0.780 bits per heavy atom. The maximum Gasteiger partial charge on any atom is 0.343 e. The van der Waals surface area contributed by atoms with E-state index in [4.69, 9.17) is 14.2 Å². The minimum absolute atomic E-state index is 0.0904. The van der Waals surface area contributed by atoms with E-state index in [9.17, 15) is 14.4 Å². The van der Waals surface area contributed by atoms with Crippen LogP contribution < -0.4 is 19.6 Å². The number of carbonyl (C=O) groups excluding carboxylic acids is 3. The van der Waals surface area contributed by atoms with Crippen molar-refractivity contribution < 1.29 is 28.6 Å². The van der Waals surface area contributed by atoms with Gasteiger partial charge in [-0.3, -0.25) is 4.79 Å². The molecule has 1 amide bonds. The predicted octanol–water partition coefficient (Wildman–Crippen LogP) is 6.09. The van der Waals surface area contributed by atoms with Crippen LogP contribution >= 0.6 is 0 Å². The molecule has 8 heteroatoms. The lowest BCUT2D eigenvalue weighted by atomic mass is 10.0. The molecule has 0 aliphatic carbocycles. The van der Waals surface area contributed by atoms with Crippen molar-refractivity contribution in [3.8, 4) is 17.2 Å². The SMILES string of the molecule is Cc1ccc(C(C)C)cc1OCC(=O)N/N=C/c1ccc(OC(=O)c2ccccc2)cc1OC(=O)c1ccccc1. The summed E-state index contributed by atoms with van der Waals surface area (Å²) in [6, 6.07) is 27.4. The summed E-state index contributed by atoms with van der Waals surface area (Å²) in [6.07, 6.45) is 1.33. The molecule has 0 saturated carbocycles. The lowest BCUT2D eigenvalue weighted by Crippen LogP contribution is -2.24. The summed E-state index contributed by atoms with van der Waals surface area (Å²) >= 11 is 0. The highest BCUT2D eigenvalue weighted by Crippen LogP contribution is 2.26. The largest absolute Gasteiger partial charge is 0.483 e. The fourth-order valence-electron chi connectivity index (χ4n) is 3.73. The molecule has 0 fully saturated rings. The first-order valence-electron chi connectivity index (χ1n) is 13.0. The zero-order valence-corrected chi connectivity index (χ0v) is 23.0. The Labute approximate surface area is 238 Å². The van der Waals surface area contributed by atoms with Gasteiger partial charge < -0.3 is 14.2 Å². The van der Waals surface area contributed by atoms with Crippen LogP contribution in [0.3, 0.4) is 0 Å². The van der Waals surface area contributed by atoms with E-state index in [2.05, 4.69) is 24.4 Å². The van der Waals surface area contributed by atoms with E-state index in [-0.39, 0.29) is 18.1 Å². The second kappa shape index (κ2) is 13.7. The van der Waals surface area contributed by atoms with Gasteiger partial charge in [0.1, 0.15) is 17.2 Å². The molecule has 0 saturated heterocycles. The third-order valence-corrected chi connectivity index (χ3v) is 6.05. The molecule has 0 spiro atoms. The number of nitrogens with one attached hydrogen (secondary N) is 1. The summed E-state index contributed by atoms with van der Waals surface area (Å²) in [6.45, 7) is 5.85. The van der Waals surface area contributed by atoms with Gasteiger partial charge in [0.2, 0.25) is 0 Å². The van der Waals surface area contributed by atoms with Crippen molar-refractivity contribution in [3.63, 3.8) is 0 Å². The molecule has 0 radical (unpaired) electrons. The number of nitrogens with zero attached hydrogens (tertiary/aromatic N) is 1. The lowest BCUT2D eigenvalue weighted by molar-refractivity contribution is -0.123. The first-order chi connectivity index (χ1) is 19.8. The molecular formula is C33H30N2O6. The molecule has 4 rings (SSSR count). The fraction of sp³-hybridized carbons (Fsp3) is 0.152. The zero-order chi connectivity index (χ0) is 29.2. The molecule has 0 aliphatic rings. The van der Waals surface area contributed by atoms with Crippen molar-refractivity contribution in [2.45, 2.75) is 26.7 Å². The normalized spacial score (nSPS) is 10.8. The quantitative estimate of drug-likeness (QED) is 0.111. The van der Waals surface area contributed by atoms with E-state index < -0.39 is 17.8 Å². The van der Waals surface area contributed by atoms with Gasteiger partial charge in [-0.05, 0) is 66.4 Å². The molecule has 0 bridgehead atoms. The Balaban J connectivity index is 1.46. The Kier molecular flexibility index (Phi) is 9.62. The zero-order valence-electron chi connectivity index (χ0n) is 23.0. The van der Waals surface area contributed by atoms with Crippen molar-refractivity contribution in [1.82, 2.24) is 5.43 Å². The van der Waals surface area contributed by atoms with Crippen molar-refractivity contribution in [2.75, 3.05) is 6.61 Å². The molecule has 4 aromatic rings. The van der Waals surface area contributed by atoms with Crippen LogP contribution in [0.4, 0.5) is 0 Å². The van der Waals surface area contributed by atoms with Crippen LogP contribution in [-0.4, -0.2) is 30.7 Å². The fourth-order valence-corrected chi connectivity index (χ4v) is 3.73. The third kappa shape index (κ3) is 8.12. The number of aryl methyl sites for hydroxylation is 1. The lowest BCUT2D eigenvalue weighted by Gasteiger charge is -2.12. The number of benzene rings is 4. The number of amides is 1. The summed E-state index contributed by atoms with van der Waals surface area (Å²) in [5.41, 5.74) is 5.53. The molecule has 0 aromatic heterocycles. The van der Waals surface area contributed by atoms with Gasteiger partial charge in [0.25, 0.3) is 5.91 Å². The van der Waals surface area contributed by atoms with Crippen molar-refractivity contribution in [2.24, 2.45) is 5.10 Å². The highest BCUT2D eigenvalue weighted by Gasteiger charge is 2.15. The van der Waals surface area contributed by atoms with Crippen LogP contribution in [0.15, 0.2) is 102 Å². The number of hydrazone groups is 1. The number of esters is 2. The standard InChI is InChI=1S/C33H30N2O6/c1-22(2)26-15-14-23(3)29(18-26)39-21-31(36)35-34-20-27-16-17-28(40-32(37)24-10-6-4-7-11-24)19-30(27)41-33(38)25-12-8-5-9-13-25/h4-20,22H,21H2,1-3H3,(H,35,36)/b34-20+. The second-order valence-corrected chi connectivity index (χ2v) is 9.47. The van der Waals surface area contributed by atoms with E-state index in [1.165, 1.54) is 18.3 Å². The van der Waals surface area contributed by atoms with Crippen molar-refractivity contribution >= 4 is 24.1 Å². The first-order valence-corrected chi connectivity index (χ1v) is 13.0. The van der Waals surface area contributed by atoms with Gasteiger partial charge in [0.05, 0.1) is 17.3 Å². The number of hydrogen-bond acceptors (Lipinski definition) is 7. The number of carbonyl (C=O) groups is 3. The highest BCUT2D eigenvalue weighted by atomic mass is 16.5. The predicted molar refractivity (Wildman–Crippen MR) is 156 cm³/mol. The average Bonchev–Trinajstić information content (AvgIpc) is 2.98.